The summed E-state index contributed by atoms with van der Waals surface area (Å²) in [5, 5.41) is 10.5. The van der Waals surface area contributed by atoms with Crippen LogP contribution in [0, 0.1) is 0 Å². The van der Waals surface area contributed by atoms with Gasteiger partial charge in [0.1, 0.15) is 12.8 Å². The number of rotatable bonds is 5. The Bertz CT molecular complexity index is 219. The Morgan fingerprint density at radius 2 is 2.23 bits per heavy atom. The Morgan fingerprint density at radius 1 is 1.69 bits per heavy atom. The highest BCUT2D eigenvalue weighted by Crippen LogP contribution is 2.43. The minimum absolute atomic E-state index is 0.479. The number of hydrogen-bond acceptors (Lipinski definition) is 5. The Labute approximate surface area is 76.8 Å². The van der Waals surface area contributed by atoms with Gasteiger partial charge in [0.2, 0.25) is 0 Å². The molecule has 0 aromatic heterocycles. The molecule has 0 fully saturated rings. The lowest BCUT2D eigenvalue weighted by atomic mass is 10.4. The van der Waals surface area contributed by atoms with Crippen LogP contribution in [-0.4, -0.2) is 37.6 Å². The fourth-order valence-corrected chi connectivity index (χ4v) is 1.36. The fourth-order valence-electron chi connectivity index (χ4n) is 0.600. The summed E-state index contributed by atoms with van der Waals surface area (Å²) >= 11 is 0. The first-order chi connectivity index (χ1) is 5.93. The van der Waals surface area contributed by atoms with E-state index in [1.54, 1.807) is 0 Å². The zero-order valence-corrected chi connectivity index (χ0v) is 8.71. The average Bonchev–Trinajstić information content (AvgIpc) is 2.04. The molecule has 0 aromatic carbocycles. The summed E-state index contributed by atoms with van der Waals surface area (Å²) in [6.45, 7) is 2.20. The molecule has 7 heteroatoms. The van der Waals surface area contributed by atoms with Crippen LogP contribution in [0.15, 0.2) is 0 Å². The molecule has 0 spiro atoms. The molecule has 0 aliphatic heterocycles. The molecule has 0 heterocycles. The molecule has 2 unspecified atom stereocenters. The van der Waals surface area contributed by atoms with Gasteiger partial charge in [0.25, 0.3) is 5.91 Å². The van der Waals surface area contributed by atoms with Crippen molar-refractivity contribution >= 4 is 13.5 Å². The van der Waals surface area contributed by atoms with Crippen molar-refractivity contribution in [2.24, 2.45) is 0 Å². The van der Waals surface area contributed by atoms with E-state index in [2.05, 4.69) is 9.84 Å². The molecule has 0 saturated heterocycles. The molecule has 0 saturated carbocycles. The predicted octanol–water partition coefficient (Wildman–Crippen LogP) is -0.0732. The summed E-state index contributed by atoms with van der Waals surface area (Å²) in [6.07, 6.45) is -0.914. The largest absolute Gasteiger partial charge is 0.376 e. The summed E-state index contributed by atoms with van der Waals surface area (Å²) in [7, 11) is -1.92. The van der Waals surface area contributed by atoms with Gasteiger partial charge in [-0.1, -0.05) is 0 Å². The number of aliphatic hydroxyl groups is 1. The molecular weight excluding hydrogens is 197 g/mol. The van der Waals surface area contributed by atoms with E-state index in [4.69, 9.17) is 9.63 Å². The smallest absolute Gasteiger partial charge is 0.328 e. The first-order valence-electron chi connectivity index (χ1n) is 3.63. The topological polar surface area (TPSA) is 84.9 Å². The van der Waals surface area contributed by atoms with Gasteiger partial charge in [-0.3, -0.25) is 13.9 Å². The number of aliphatic hydroxyl groups excluding tert-OH is 1. The molecule has 78 valence electrons. The van der Waals surface area contributed by atoms with Gasteiger partial charge < -0.3 is 14.9 Å². The van der Waals surface area contributed by atoms with Crippen LogP contribution in [0.25, 0.3) is 0 Å². The first kappa shape index (κ1) is 12.6. The van der Waals surface area contributed by atoms with E-state index in [1.807, 2.05) is 0 Å². The van der Waals surface area contributed by atoms with Crippen molar-refractivity contribution in [3.63, 3.8) is 0 Å². The number of hydrogen-bond donors (Lipinski definition) is 2. The van der Waals surface area contributed by atoms with Gasteiger partial charge in [-0.25, -0.2) is 0 Å². The summed E-state index contributed by atoms with van der Waals surface area (Å²) in [5.74, 6) is -0.540. The maximum atomic E-state index is 11.2. The summed E-state index contributed by atoms with van der Waals surface area (Å²) in [5.41, 5.74) is 0. The second kappa shape index (κ2) is 5.34. The van der Waals surface area contributed by atoms with Crippen molar-refractivity contribution < 1.29 is 23.5 Å². The van der Waals surface area contributed by atoms with Gasteiger partial charge in [0, 0.05) is 13.8 Å². The van der Waals surface area contributed by atoms with Gasteiger partial charge >= 0.3 is 7.60 Å². The molecule has 1 amide bonds. The van der Waals surface area contributed by atoms with Crippen molar-refractivity contribution in [1.29, 1.82) is 0 Å². The summed E-state index contributed by atoms with van der Waals surface area (Å²) < 4.78 is 20.6. The Balaban J connectivity index is 4.07. The Kier molecular flexibility index (Phi) is 5.17. The fraction of sp³-hybridized carbons (Fsp3) is 0.833. The second-order valence-electron chi connectivity index (χ2n) is 2.40. The lowest BCUT2D eigenvalue weighted by Gasteiger charge is -2.16. The molecule has 13 heavy (non-hydrogen) atoms. The van der Waals surface area contributed by atoms with Gasteiger partial charge in [-0.05, 0) is 6.92 Å². The first-order valence-corrected chi connectivity index (χ1v) is 5.62. The van der Waals surface area contributed by atoms with Crippen molar-refractivity contribution in [1.82, 2.24) is 5.32 Å². The van der Waals surface area contributed by atoms with E-state index in [1.165, 1.54) is 20.7 Å². The quantitative estimate of drug-likeness (QED) is 0.491. The van der Waals surface area contributed by atoms with Crippen LogP contribution in [0.4, 0.5) is 0 Å². The lowest BCUT2D eigenvalue weighted by Crippen LogP contribution is -2.34. The molecule has 0 radical (unpaired) electrons. The SMILES string of the molecule is COP(C)(=O)OC(C)C(=O)NCO. The molecule has 6 nitrogen and oxygen atoms in total. The molecular formula is C6H14NO5P. The highest BCUT2D eigenvalue weighted by Gasteiger charge is 2.23. The van der Waals surface area contributed by atoms with Crippen molar-refractivity contribution in [2.45, 2.75) is 13.0 Å². The van der Waals surface area contributed by atoms with E-state index in [0.29, 0.717) is 0 Å². The maximum absolute atomic E-state index is 11.2. The molecule has 0 aliphatic carbocycles. The van der Waals surface area contributed by atoms with E-state index in [9.17, 15) is 9.36 Å². The van der Waals surface area contributed by atoms with Crippen LogP contribution >= 0.6 is 7.60 Å². The van der Waals surface area contributed by atoms with Gasteiger partial charge in [0.05, 0.1) is 0 Å². The highest BCUT2D eigenvalue weighted by atomic mass is 31.2. The third kappa shape index (κ3) is 5.00. The Morgan fingerprint density at radius 3 is 2.62 bits per heavy atom. The van der Waals surface area contributed by atoms with Gasteiger partial charge in [0.15, 0.2) is 0 Å². The van der Waals surface area contributed by atoms with Crippen LogP contribution in [0.2, 0.25) is 0 Å². The van der Waals surface area contributed by atoms with Crippen LogP contribution in [0.1, 0.15) is 6.92 Å². The van der Waals surface area contributed by atoms with E-state index in [-0.39, 0.29) is 0 Å². The minimum Gasteiger partial charge on any atom is -0.376 e. The van der Waals surface area contributed by atoms with Crippen LogP contribution in [-0.2, 0) is 18.4 Å². The molecule has 0 bridgehead atoms. The number of carbonyl (C=O) groups excluding carboxylic acids is 1. The zero-order valence-electron chi connectivity index (χ0n) is 7.81. The summed E-state index contributed by atoms with van der Waals surface area (Å²) in [4.78, 5) is 11.0. The lowest BCUT2D eigenvalue weighted by molar-refractivity contribution is -0.128. The molecule has 2 atom stereocenters. The van der Waals surface area contributed by atoms with Crippen molar-refractivity contribution in [3.8, 4) is 0 Å². The van der Waals surface area contributed by atoms with E-state index >= 15 is 0 Å². The van der Waals surface area contributed by atoms with Gasteiger partial charge in [-0.2, -0.15) is 0 Å². The zero-order chi connectivity index (χ0) is 10.5. The molecule has 2 N–H and O–H groups in total. The third-order valence-electron chi connectivity index (χ3n) is 1.30. The van der Waals surface area contributed by atoms with Crippen LogP contribution in [0.5, 0.6) is 0 Å². The normalized spacial score (nSPS) is 17.5. The number of amides is 1. The molecule has 0 aliphatic rings. The molecule has 0 rings (SSSR count). The average molecular weight is 211 g/mol. The van der Waals surface area contributed by atoms with E-state index < -0.39 is 26.3 Å². The second-order valence-corrected chi connectivity index (χ2v) is 4.52. The van der Waals surface area contributed by atoms with Gasteiger partial charge in [-0.15, -0.1) is 0 Å². The highest BCUT2D eigenvalue weighted by molar-refractivity contribution is 7.53. The standard InChI is InChI=1S/C6H14NO5P/c1-5(6(9)7-4-8)12-13(3,10)11-2/h5,8H,4H2,1-3H3,(H,7,9). The molecule has 0 aromatic rings. The van der Waals surface area contributed by atoms with Crippen LogP contribution < -0.4 is 5.32 Å². The van der Waals surface area contributed by atoms with E-state index in [0.717, 1.165) is 0 Å². The number of carbonyl (C=O) groups is 1. The maximum Gasteiger partial charge on any atom is 0.328 e. The third-order valence-corrected chi connectivity index (χ3v) is 2.67. The summed E-state index contributed by atoms with van der Waals surface area (Å²) in [6, 6.07) is 0. The monoisotopic (exact) mass is 211 g/mol. The number of nitrogens with one attached hydrogen (secondary N) is 1. The van der Waals surface area contributed by atoms with Crippen molar-refractivity contribution in [3.05, 3.63) is 0 Å². The Hall–Kier alpha value is -0.420. The minimum atomic E-state index is -3.15. The van der Waals surface area contributed by atoms with Crippen molar-refractivity contribution in [2.75, 3.05) is 20.5 Å². The van der Waals surface area contributed by atoms with Crippen LogP contribution in [0.3, 0.4) is 0 Å². The predicted molar refractivity (Wildman–Crippen MR) is 46.3 cm³/mol.